The molecule has 0 saturated carbocycles. The van der Waals surface area contributed by atoms with Gasteiger partial charge < -0.3 is 15.6 Å². The largest absolute Gasteiger partial charge is 0.366 e. The number of para-hydroxylation sites is 1. The molecule has 3 aromatic rings. The molecule has 4 rings (SSSR count). The average molecular weight is 348 g/mol. The van der Waals surface area contributed by atoms with E-state index in [4.69, 9.17) is 5.73 Å². The third-order valence-electron chi connectivity index (χ3n) is 5.38. The van der Waals surface area contributed by atoms with Crippen LogP contribution in [0.2, 0.25) is 0 Å². The number of rotatable bonds is 5. The summed E-state index contributed by atoms with van der Waals surface area (Å²) in [6, 6.07) is 14.6. The topological polar surface area (TPSA) is 75.0 Å². The molecule has 1 aliphatic heterocycles. The van der Waals surface area contributed by atoms with Crippen LogP contribution >= 0.6 is 0 Å². The molecule has 134 valence electrons. The van der Waals surface area contributed by atoms with Crippen LogP contribution in [0.25, 0.3) is 22.4 Å². The number of carbonyl (C=O) groups is 1. The number of likely N-dealkylation sites (tertiary alicyclic amines) is 1. The van der Waals surface area contributed by atoms with Gasteiger partial charge in [0.2, 0.25) is 0 Å². The molecule has 3 N–H and O–H groups in total. The van der Waals surface area contributed by atoms with E-state index in [1.54, 1.807) is 6.07 Å². The highest BCUT2D eigenvalue weighted by molar-refractivity contribution is 6.04. The van der Waals surface area contributed by atoms with E-state index in [0.29, 0.717) is 17.1 Å². The fourth-order valence-corrected chi connectivity index (χ4v) is 3.79. The van der Waals surface area contributed by atoms with Crippen LogP contribution in [0, 0.1) is 0 Å². The van der Waals surface area contributed by atoms with E-state index in [0.717, 1.165) is 29.9 Å². The van der Waals surface area contributed by atoms with Crippen molar-refractivity contribution in [2.24, 2.45) is 5.73 Å². The fraction of sp³-hybridized carbons (Fsp3) is 0.333. The Hall–Kier alpha value is -2.66. The van der Waals surface area contributed by atoms with E-state index >= 15 is 0 Å². The number of fused-ring (bicyclic) bond motifs is 1. The number of nitrogens with zero attached hydrogens (tertiary/aromatic N) is 2. The molecule has 2 heterocycles. The van der Waals surface area contributed by atoms with Gasteiger partial charge in [0, 0.05) is 18.2 Å². The maximum Gasteiger partial charge on any atom is 0.250 e. The Morgan fingerprint density at radius 3 is 2.77 bits per heavy atom. The van der Waals surface area contributed by atoms with Crippen LogP contribution in [0.3, 0.4) is 0 Å². The molecule has 26 heavy (non-hydrogen) atoms. The number of H-pyrrole nitrogens is 1. The minimum Gasteiger partial charge on any atom is -0.366 e. The number of nitrogens with one attached hydrogen (secondary N) is 1. The number of nitrogens with two attached hydrogens (primary N) is 1. The molecule has 1 saturated heterocycles. The van der Waals surface area contributed by atoms with Crippen LogP contribution in [0.4, 0.5) is 0 Å². The van der Waals surface area contributed by atoms with E-state index in [2.05, 4.69) is 46.1 Å². The number of aromatic amines is 1. The van der Waals surface area contributed by atoms with Gasteiger partial charge in [0.25, 0.3) is 5.91 Å². The second-order valence-electron chi connectivity index (χ2n) is 7.13. The summed E-state index contributed by atoms with van der Waals surface area (Å²) < 4.78 is 0. The van der Waals surface area contributed by atoms with Gasteiger partial charge in [0.1, 0.15) is 11.3 Å². The second kappa shape index (κ2) is 6.92. The van der Waals surface area contributed by atoms with Crippen LogP contribution < -0.4 is 5.73 Å². The molecule has 5 heteroatoms. The number of aromatic nitrogens is 2. The molecule has 2 aromatic carbocycles. The number of benzene rings is 2. The first kappa shape index (κ1) is 16.8. The van der Waals surface area contributed by atoms with Gasteiger partial charge in [-0.3, -0.25) is 4.79 Å². The zero-order valence-corrected chi connectivity index (χ0v) is 15.0. The highest BCUT2D eigenvalue weighted by Crippen LogP contribution is 2.23. The number of hydrogen-bond donors (Lipinski definition) is 2. The fourth-order valence-electron chi connectivity index (χ4n) is 3.79. The Labute approximate surface area is 153 Å². The van der Waals surface area contributed by atoms with Crippen molar-refractivity contribution in [1.29, 1.82) is 0 Å². The molecule has 5 nitrogen and oxygen atoms in total. The Morgan fingerprint density at radius 2 is 2.08 bits per heavy atom. The second-order valence-corrected chi connectivity index (χ2v) is 7.13. The number of primary amides is 1. The van der Waals surface area contributed by atoms with Crippen molar-refractivity contribution in [3.8, 4) is 11.4 Å². The quantitative estimate of drug-likeness (QED) is 0.742. The first-order valence-corrected chi connectivity index (χ1v) is 9.24. The van der Waals surface area contributed by atoms with Gasteiger partial charge >= 0.3 is 0 Å². The lowest BCUT2D eigenvalue weighted by Gasteiger charge is -2.20. The van der Waals surface area contributed by atoms with E-state index in [1.807, 2.05) is 12.1 Å². The number of carbonyl (C=O) groups excluding carboxylic acids is 1. The number of hydrogen-bond acceptors (Lipinski definition) is 3. The molecule has 1 aliphatic rings. The Kier molecular flexibility index (Phi) is 4.47. The van der Waals surface area contributed by atoms with Gasteiger partial charge in [0.05, 0.1) is 11.1 Å². The Bertz CT molecular complexity index is 929. The van der Waals surface area contributed by atoms with E-state index < -0.39 is 5.91 Å². The molecular weight excluding hydrogens is 324 g/mol. The summed E-state index contributed by atoms with van der Waals surface area (Å²) >= 11 is 0. The van der Waals surface area contributed by atoms with Crippen molar-refractivity contribution < 1.29 is 4.79 Å². The minimum atomic E-state index is -0.458. The highest BCUT2D eigenvalue weighted by atomic mass is 16.1. The third kappa shape index (κ3) is 3.22. The van der Waals surface area contributed by atoms with E-state index in [9.17, 15) is 4.79 Å². The molecule has 0 radical (unpaired) electrons. The summed E-state index contributed by atoms with van der Waals surface area (Å²) in [6.07, 6.45) is 3.70. The molecule has 1 fully saturated rings. The summed E-state index contributed by atoms with van der Waals surface area (Å²) in [5, 5.41) is 0. The van der Waals surface area contributed by atoms with Crippen molar-refractivity contribution in [3.05, 3.63) is 53.6 Å². The summed E-state index contributed by atoms with van der Waals surface area (Å²) in [5.74, 6) is 0.300. The maximum absolute atomic E-state index is 11.6. The standard InChI is InChI=1S/C21H24N4O/c1-14-4-3-12-25(14)13-11-15-7-9-16(10-8-15)21-23-18-6-2-5-17(20(22)26)19(18)24-21/h2,5-10,14H,3-4,11-13H2,1H3,(H2,22,26)(H,23,24). The van der Waals surface area contributed by atoms with Gasteiger partial charge in [0.15, 0.2) is 0 Å². The van der Waals surface area contributed by atoms with Gasteiger partial charge in [-0.25, -0.2) is 4.98 Å². The van der Waals surface area contributed by atoms with Crippen molar-refractivity contribution in [2.75, 3.05) is 13.1 Å². The summed E-state index contributed by atoms with van der Waals surface area (Å²) in [4.78, 5) is 22.0. The highest BCUT2D eigenvalue weighted by Gasteiger charge is 2.19. The SMILES string of the molecule is CC1CCCN1CCc1ccc(-c2nc3c(C(N)=O)cccc3[nH]2)cc1. The molecule has 0 aliphatic carbocycles. The normalized spacial score (nSPS) is 17.8. The molecular formula is C21H24N4O. The van der Waals surface area contributed by atoms with E-state index in [-0.39, 0.29) is 0 Å². The molecule has 0 bridgehead atoms. The first-order valence-electron chi connectivity index (χ1n) is 9.24. The van der Waals surface area contributed by atoms with Crippen molar-refractivity contribution in [2.45, 2.75) is 32.2 Å². The number of amides is 1. The van der Waals surface area contributed by atoms with Crippen LogP contribution in [0.1, 0.15) is 35.7 Å². The maximum atomic E-state index is 11.6. The first-order chi connectivity index (χ1) is 12.6. The Balaban J connectivity index is 1.52. The van der Waals surface area contributed by atoms with Crippen LogP contribution in [0.5, 0.6) is 0 Å². The van der Waals surface area contributed by atoms with Crippen molar-refractivity contribution in [3.63, 3.8) is 0 Å². The van der Waals surface area contributed by atoms with Gasteiger partial charge in [-0.15, -0.1) is 0 Å². The molecule has 1 amide bonds. The summed E-state index contributed by atoms with van der Waals surface area (Å²) in [7, 11) is 0. The van der Waals surface area contributed by atoms with Gasteiger partial charge in [-0.1, -0.05) is 30.3 Å². The smallest absolute Gasteiger partial charge is 0.250 e. The number of imidazole rings is 1. The third-order valence-corrected chi connectivity index (χ3v) is 5.38. The monoisotopic (exact) mass is 348 g/mol. The van der Waals surface area contributed by atoms with Gasteiger partial charge in [-0.05, 0) is 50.4 Å². The zero-order valence-electron chi connectivity index (χ0n) is 15.0. The molecule has 1 atom stereocenters. The van der Waals surface area contributed by atoms with Crippen molar-refractivity contribution in [1.82, 2.24) is 14.9 Å². The lowest BCUT2D eigenvalue weighted by molar-refractivity contribution is 0.100. The molecule has 1 unspecified atom stereocenters. The predicted octanol–water partition coefficient (Wildman–Crippen LogP) is 3.36. The zero-order chi connectivity index (χ0) is 18.1. The average Bonchev–Trinajstić information content (AvgIpc) is 3.26. The van der Waals surface area contributed by atoms with Gasteiger partial charge in [-0.2, -0.15) is 0 Å². The lowest BCUT2D eigenvalue weighted by atomic mass is 10.1. The van der Waals surface area contributed by atoms with E-state index in [1.165, 1.54) is 24.9 Å². The summed E-state index contributed by atoms with van der Waals surface area (Å²) in [6.45, 7) is 4.66. The van der Waals surface area contributed by atoms with Crippen LogP contribution in [-0.2, 0) is 6.42 Å². The predicted molar refractivity (Wildman–Crippen MR) is 104 cm³/mol. The van der Waals surface area contributed by atoms with Crippen LogP contribution in [0.15, 0.2) is 42.5 Å². The molecule has 0 spiro atoms. The van der Waals surface area contributed by atoms with Crippen molar-refractivity contribution >= 4 is 16.9 Å². The Morgan fingerprint density at radius 1 is 1.27 bits per heavy atom. The molecule has 1 aromatic heterocycles. The minimum absolute atomic E-state index is 0.446. The lowest BCUT2D eigenvalue weighted by Crippen LogP contribution is -2.28. The summed E-state index contributed by atoms with van der Waals surface area (Å²) in [5.41, 5.74) is 9.69. The van der Waals surface area contributed by atoms with Crippen LogP contribution in [-0.4, -0.2) is 39.9 Å².